The number of aliphatic carboxylic acids is 1. The average molecular weight is 627 g/mol. The molecule has 0 rings (SSSR count). The summed E-state index contributed by atoms with van der Waals surface area (Å²) in [7, 11) is 0. The molecule has 0 radical (unpaired) electrons. The molecule has 15 nitrogen and oxygen atoms in total. The molecule has 254 valence electrons. The van der Waals surface area contributed by atoms with E-state index in [2.05, 4.69) is 10.6 Å². The summed E-state index contributed by atoms with van der Waals surface area (Å²) in [4.78, 5) is 33.2. The highest BCUT2D eigenvalue weighted by Crippen LogP contribution is 2.06. The van der Waals surface area contributed by atoms with Gasteiger partial charge in [-0.1, -0.05) is 0 Å². The molecule has 0 bridgehead atoms. The zero-order valence-corrected chi connectivity index (χ0v) is 26.2. The molecule has 0 unspecified atom stereocenters. The SMILES string of the molecule is CC(C)(C)OC(=O)NCCOCCOCCOCCOCCOCCOCCOCCOCCCNC(=O)CCC(=O)O. The number of carbonyl (C=O) groups is 3. The lowest BCUT2D eigenvalue weighted by molar-refractivity contribution is -0.138. The first-order valence-corrected chi connectivity index (χ1v) is 14.8. The Morgan fingerprint density at radius 1 is 0.512 bits per heavy atom. The van der Waals surface area contributed by atoms with E-state index in [0.29, 0.717) is 125 Å². The summed E-state index contributed by atoms with van der Waals surface area (Å²) >= 11 is 0. The number of carbonyl (C=O) groups excluding carboxylic acids is 2. The molecule has 0 aliphatic carbocycles. The van der Waals surface area contributed by atoms with Crippen LogP contribution in [0.25, 0.3) is 0 Å². The fourth-order valence-electron chi connectivity index (χ4n) is 2.89. The molecule has 0 atom stereocenters. The van der Waals surface area contributed by atoms with E-state index in [9.17, 15) is 14.4 Å². The van der Waals surface area contributed by atoms with E-state index in [4.69, 9.17) is 47.7 Å². The van der Waals surface area contributed by atoms with Crippen LogP contribution in [0.5, 0.6) is 0 Å². The number of alkyl carbamates (subject to hydrolysis) is 1. The van der Waals surface area contributed by atoms with E-state index in [0.717, 1.165) is 0 Å². The fraction of sp³-hybridized carbons (Fsp3) is 0.893. The van der Waals surface area contributed by atoms with Crippen molar-refractivity contribution in [2.45, 2.75) is 45.6 Å². The highest BCUT2D eigenvalue weighted by atomic mass is 16.6. The first-order chi connectivity index (χ1) is 20.7. The summed E-state index contributed by atoms with van der Waals surface area (Å²) in [5, 5.41) is 13.8. The fourth-order valence-corrected chi connectivity index (χ4v) is 2.89. The molecule has 15 heteroatoms. The van der Waals surface area contributed by atoms with Gasteiger partial charge in [0.15, 0.2) is 0 Å². The minimum atomic E-state index is -0.985. The topological polar surface area (TPSA) is 179 Å². The van der Waals surface area contributed by atoms with E-state index in [1.165, 1.54) is 0 Å². The van der Waals surface area contributed by atoms with Crippen molar-refractivity contribution in [3.8, 4) is 0 Å². The van der Waals surface area contributed by atoms with Gasteiger partial charge in [0.05, 0.1) is 106 Å². The highest BCUT2D eigenvalue weighted by molar-refractivity contribution is 5.80. The van der Waals surface area contributed by atoms with Crippen molar-refractivity contribution >= 4 is 18.0 Å². The molecule has 3 N–H and O–H groups in total. The number of carboxylic acid groups (broad SMARTS) is 1. The number of hydrogen-bond donors (Lipinski definition) is 3. The molecule has 0 saturated heterocycles. The molecule has 0 aliphatic heterocycles. The van der Waals surface area contributed by atoms with Crippen molar-refractivity contribution < 1.29 is 62.1 Å². The maximum absolute atomic E-state index is 11.5. The Morgan fingerprint density at radius 3 is 1.26 bits per heavy atom. The van der Waals surface area contributed by atoms with Gasteiger partial charge in [0.1, 0.15) is 5.60 Å². The van der Waals surface area contributed by atoms with Crippen LogP contribution in [0.15, 0.2) is 0 Å². The van der Waals surface area contributed by atoms with Crippen LogP contribution in [-0.4, -0.2) is 147 Å². The van der Waals surface area contributed by atoms with Crippen LogP contribution >= 0.6 is 0 Å². The predicted octanol–water partition coefficient (Wildman–Crippen LogP) is 1.02. The maximum Gasteiger partial charge on any atom is 0.407 e. The zero-order valence-electron chi connectivity index (χ0n) is 26.2. The lowest BCUT2D eigenvalue weighted by Crippen LogP contribution is -2.34. The Balaban J connectivity index is 3.14. The number of hydrogen-bond acceptors (Lipinski definition) is 12. The van der Waals surface area contributed by atoms with E-state index in [-0.39, 0.29) is 18.7 Å². The van der Waals surface area contributed by atoms with Gasteiger partial charge in [-0.25, -0.2) is 4.79 Å². The molecule has 0 spiro atoms. The molecule has 2 amide bonds. The third-order valence-electron chi connectivity index (χ3n) is 4.87. The van der Waals surface area contributed by atoms with Crippen LogP contribution in [0, 0.1) is 0 Å². The van der Waals surface area contributed by atoms with Crippen LogP contribution in [0.3, 0.4) is 0 Å². The van der Waals surface area contributed by atoms with Crippen molar-refractivity contribution in [1.82, 2.24) is 10.6 Å². The van der Waals surface area contributed by atoms with E-state index >= 15 is 0 Å². The molecule has 0 heterocycles. The predicted molar refractivity (Wildman–Crippen MR) is 155 cm³/mol. The van der Waals surface area contributed by atoms with Gasteiger partial charge in [0, 0.05) is 26.1 Å². The zero-order chi connectivity index (χ0) is 31.9. The van der Waals surface area contributed by atoms with Crippen LogP contribution in [0.4, 0.5) is 4.79 Å². The smallest absolute Gasteiger partial charge is 0.407 e. The quantitative estimate of drug-likeness (QED) is 0.0930. The molecule has 0 aromatic heterocycles. The van der Waals surface area contributed by atoms with Crippen molar-refractivity contribution in [2.24, 2.45) is 0 Å². The Morgan fingerprint density at radius 2 is 0.884 bits per heavy atom. The molecule has 0 fully saturated rings. The summed E-state index contributed by atoms with van der Waals surface area (Å²) in [6.45, 7) is 13.6. The molecule has 0 saturated carbocycles. The van der Waals surface area contributed by atoms with Crippen molar-refractivity contribution in [1.29, 1.82) is 0 Å². The van der Waals surface area contributed by atoms with E-state index < -0.39 is 17.7 Å². The minimum absolute atomic E-state index is 0.0124. The number of carboxylic acids is 1. The normalized spacial score (nSPS) is 11.4. The van der Waals surface area contributed by atoms with Gasteiger partial charge in [-0.2, -0.15) is 0 Å². The molecular formula is C28H54N2O13. The summed E-state index contributed by atoms with van der Waals surface area (Å²) in [6.07, 6.45) is 0.0104. The van der Waals surface area contributed by atoms with Crippen LogP contribution in [-0.2, 0) is 52.2 Å². The van der Waals surface area contributed by atoms with Gasteiger partial charge >= 0.3 is 12.1 Å². The number of ether oxygens (including phenoxy) is 9. The Labute approximate surface area is 255 Å². The Bertz CT molecular complexity index is 678. The van der Waals surface area contributed by atoms with Gasteiger partial charge in [0.25, 0.3) is 0 Å². The first-order valence-electron chi connectivity index (χ1n) is 14.8. The highest BCUT2D eigenvalue weighted by Gasteiger charge is 2.15. The maximum atomic E-state index is 11.5. The van der Waals surface area contributed by atoms with Crippen molar-refractivity contribution in [3.05, 3.63) is 0 Å². The molecule has 43 heavy (non-hydrogen) atoms. The lowest BCUT2D eigenvalue weighted by atomic mass is 10.2. The van der Waals surface area contributed by atoms with E-state index in [1.807, 2.05) is 20.8 Å². The molecule has 0 aromatic rings. The van der Waals surface area contributed by atoms with Crippen molar-refractivity contribution in [2.75, 3.05) is 119 Å². The third kappa shape index (κ3) is 36.0. The van der Waals surface area contributed by atoms with Gasteiger partial charge in [-0.15, -0.1) is 0 Å². The molecular weight excluding hydrogens is 572 g/mol. The minimum Gasteiger partial charge on any atom is -0.481 e. The van der Waals surface area contributed by atoms with Crippen LogP contribution in [0.1, 0.15) is 40.0 Å². The monoisotopic (exact) mass is 626 g/mol. The number of amides is 2. The van der Waals surface area contributed by atoms with Crippen LogP contribution in [0.2, 0.25) is 0 Å². The summed E-state index contributed by atoms with van der Waals surface area (Å²) in [5.41, 5.74) is -0.517. The Kier molecular flexibility index (Phi) is 28.5. The third-order valence-corrected chi connectivity index (χ3v) is 4.87. The van der Waals surface area contributed by atoms with Gasteiger partial charge in [-0.05, 0) is 27.2 Å². The summed E-state index contributed by atoms with van der Waals surface area (Å²) < 4.78 is 48.5. The van der Waals surface area contributed by atoms with Crippen LogP contribution < -0.4 is 10.6 Å². The number of rotatable bonds is 31. The second-order valence-corrected chi connectivity index (χ2v) is 9.92. The van der Waals surface area contributed by atoms with E-state index in [1.54, 1.807) is 0 Å². The first kappa shape index (κ1) is 40.9. The lowest BCUT2D eigenvalue weighted by Gasteiger charge is -2.19. The summed E-state index contributed by atoms with van der Waals surface area (Å²) in [6, 6.07) is 0. The van der Waals surface area contributed by atoms with Gasteiger partial charge in [0.2, 0.25) is 5.91 Å². The van der Waals surface area contributed by atoms with Gasteiger partial charge in [-0.3, -0.25) is 9.59 Å². The largest absolute Gasteiger partial charge is 0.481 e. The average Bonchev–Trinajstić information content (AvgIpc) is 2.94. The second-order valence-electron chi connectivity index (χ2n) is 9.92. The molecule has 0 aliphatic rings. The Hall–Kier alpha value is -2.11. The van der Waals surface area contributed by atoms with Crippen molar-refractivity contribution in [3.63, 3.8) is 0 Å². The van der Waals surface area contributed by atoms with Gasteiger partial charge < -0.3 is 58.4 Å². The standard InChI is InChI=1S/C28H54N2O13/c1-28(2,3)43-27(34)30-8-10-36-12-14-38-16-18-40-20-22-42-24-23-41-21-19-39-17-15-37-13-11-35-9-4-7-29-25(31)5-6-26(32)33/h4-24H2,1-3H3,(H,29,31)(H,30,34)(H,32,33). The molecule has 0 aromatic carbocycles. The second kappa shape index (κ2) is 29.9. The number of nitrogens with one attached hydrogen (secondary N) is 2. The summed E-state index contributed by atoms with van der Waals surface area (Å²) in [5.74, 6) is -1.25.